The summed E-state index contributed by atoms with van der Waals surface area (Å²) in [7, 11) is 1.56. The van der Waals surface area contributed by atoms with Gasteiger partial charge in [-0.2, -0.15) is 5.10 Å². The summed E-state index contributed by atoms with van der Waals surface area (Å²) in [6, 6.07) is 2.65. The molecule has 0 saturated heterocycles. The van der Waals surface area contributed by atoms with Gasteiger partial charge in [0.2, 0.25) is 0 Å². The molecule has 0 atom stereocenters. The number of aromatic nitrogens is 2. The third-order valence-electron chi connectivity index (χ3n) is 2.15. The molecule has 1 amide bonds. The van der Waals surface area contributed by atoms with Gasteiger partial charge in [-0.3, -0.25) is 9.59 Å². The first-order valence-electron chi connectivity index (χ1n) is 5.23. The van der Waals surface area contributed by atoms with Crippen molar-refractivity contribution in [3.63, 3.8) is 0 Å². The van der Waals surface area contributed by atoms with Crippen LogP contribution in [-0.2, 0) is 4.74 Å². The Morgan fingerprint density at radius 2 is 2.29 bits per heavy atom. The summed E-state index contributed by atoms with van der Waals surface area (Å²) < 4.78 is 4.91. The fraction of sp³-hybridized carbons (Fsp3) is 0.500. The van der Waals surface area contributed by atoms with Crippen molar-refractivity contribution < 1.29 is 9.53 Å². The molecule has 17 heavy (non-hydrogen) atoms. The fourth-order valence-corrected chi connectivity index (χ4v) is 1.30. The van der Waals surface area contributed by atoms with Gasteiger partial charge < -0.3 is 15.4 Å². The van der Waals surface area contributed by atoms with Crippen LogP contribution in [0.5, 0.6) is 0 Å². The van der Waals surface area contributed by atoms with Gasteiger partial charge in [0.15, 0.2) is 0 Å². The highest BCUT2D eigenvalue weighted by Gasteiger charge is 2.16. The minimum absolute atomic E-state index is 0.189. The molecule has 0 aliphatic carbocycles. The lowest BCUT2D eigenvalue weighted by Crippen LogP contribution is -2.38. The zero-order valence-corrected chi connectivity index (χ0v) is 9.68. The molecule has 0 aromatic carbocycles. The minimum Gasteiger partial charge on any atom is -0.383 e. The lowest BCUT2D eigenvalue weighted by atomic mass is 10.3. The van der Waals surface area contributed by atoms with E-state index in [0.717, 1.165) is 0 Å². The third-order valence-corrected chi connectivity index (χ3v) is 2.15. The summed E-state index contributed by atoms with van der Waals surface area (Å²) in [5, 5.41) is 5.90. The molecule has 0 radical (unpaired) electrons. The molecule has 7 nitrogen and oxygen atoms in total. The number of hydrogen-bond acceptors (Lipinski definition) is 5. The number of methoxy groups -OCH3 is 1. The third kappa shape index (κ3) is 3.97. The number of nitrogens with zero attached hydrogens (tertiary/aromatic N) is 2. The quantitative estimate of drug-likeness (QED) is 0.651. The molecule has 3 N–H and O–H groups in total. The summed E-state index contributed by atoms with van der Waals surface area (Å²) in [5.74, 6) is -0.274. The number of carbonyl (C=O) groups excluding carboxylic acids is 1. The predicted octanol–water partition coefficient (Wildman–Crippen LogP) is -1.18. The van der Waals surface area contributed by atoms with Gasteiger partial charge in [-0.25, -0.2) is 5.10 Å². The number of rotatable bonds is 6. The van der Waals surface area contributed by atoms with E-state index >= 15 is 0 Å². The van der Waals surface area contributed by atoms with E-state index in [2.05, 4.69) is 10.2 Å². The van der Waals surface area contributed by atoms with E-state index in [9.17, 15) is 9.59 Å². The smallest absolute Gasteiger partial charge is 0.274 e. The molecule has 1 aromatic heterocycles. The molecule has 0 aliphatic heterocycles. The molecular weight excluding hydrogens is 224 g/mol. The maximum absolute atomic E-state index is 12.0. The first-order chi connectivity index (χ1) is 8.19. The molecular formula is C10H16N4O3. The lowest BCUT2D eigenvalue weighted by molar-refractivity contribution is 0.0694. The highest BCUT2D eigenvalue weighted by Crippen LogP contribution is 1.98. The number of H-pyrrole nitrogens is 1. The lowest BCUT2D eigenvalue weighted by Gasteiger charge is -2.20. The van der Waals surface area contributed by atoms with Crippen LogP contribution in [0.25, 0.3) is 0 Å². The van der Waals surface area contributed by atoms with Crippen molar-refractivity contribution in [3.8, 4) is 0 Å². The maximum atomic E-state index is 12.0. The molecule has 94 valence electrons. The summed E-state index contributed by atoms with van der Waals surface area (Å²) in [6.07, 6.45) is 0. The number of hydrogen-bond donors (Lipinski definition) is 2. The van der Waals surface area contributed by atoms with E-state index in [1.807, 2.05) is 0 Å². The first-order valence-corrected chi connectivity index (χ1v) is 5.23. The number of carbonyl (C=O) groups is 1. The summed E-state index contributed by atoms with van der Waals surface area (Å²) >= 11 is 0. The van der Waals surface area contributed by atoms with Crippen molar-refractivity contribution in [3.05, 3.63) is 28.2 Å². The summed E-state index contributed by atoms with van der Waals surface area (Å²) in [5.41, 5.74) is 5.27. The van der Waals surface area contributed by atoms with Gasteiger partial charge in [-0.15, -0.1) is 0 Å². The Morgan fingerprint density at radius 3 is 2.82 bits per heavy atom. The summed E-state index contributed by atoms with van der Waals surface area (Å²) in [4.78, 5) is 24.3. The van der Waals surface area contributed by atoms with E-state index in [-0.39, 0.29) is 17.2 Å². The second-order valence-electron chi connectivity index (χ2n) is 3.38. The first kappa shape index (κ1) is 13.3. The van der Waals surface area contributed by atoms with Crippen molar-refractivity contribution in [2.75, 3.05) is 33.4 Å². The average Bonchev–Trinajstić information content (AvgIpc) is 2.34. The Morgan fingerprint density at radius 1 is 1.53 bits per heavy atom. The largest absolute Gasteiger partial charge is 0.383 e. The number of ether oxygens (including phenoxy) is 1. The number of amides is 1. The van der Waals surface area contributed by atoms with Gasteiger partial charge in [0.1, 0.15) is 5.69 Å². The Balaban J connectivity index is 2.75. The Labute approximate surface area is 98.6 Å². The molecule has 1 aromatic rings. The normalized spacial score (nSPS) is 10.2. The predicted molar refractivity (Wildman–Crippen MR) is 61.7 cm³/mol. The fourth-order valence-electron chi connectivity index (χ4n) is 1.30. The standard InChI is InChI=1S/C10H16N4O3/c1-17-7-6-14(5-4-11)10(16)8-2-3-9(15)13-12-8/h2-3H,4-7,11H2,1H3,(H,13,15). The second-order valence-corrected chi connectivity index (χ2v) is 3.38. The minimum atomic E-state index is -0.344. The summed E-state index contributed by atoms with van der Waals surface area (Å²) in [6.45, 7) is 1.64. The second kappa shape index (κ2) is 6.77. The SMILES string of the molecule is COCCN(CCN)C(=O)c1ccc(=O)[nH]n1. The van der Waals surface area contributed by atoms with Gasteiger partial charge in [0.25, 0.3) is 11.5 Å². The van der Waals surface area contributed by atoms with E-state index in [0.29, 0.717) is 26.2 Å². The van der Waals surface area contributed by atoms with Gasteiger partial charge >= 0.3 is 0 Å². The average molecular weight is 240 g/mol. The molecule has 0 spiro atoms. The highest BCUT2D eigenvalue weighted by atomic mass is 16.5. The molecule has 0 saturated carbocycles. The van der Waals surface area contributed by atoms with E-state index in [4.69, 9.17) is 10.5 Å². The van der Waals surface area contributed by atoms with E-state index < -0.39 is 0 Å². The van der Waals surface area contributed by atoms with Crippen LogP contribution >= 0.6 is 0 Å². The zero-order valence-electron chi connectivity index (χ0n) is 9.68. The maximum Gasteiger partial charge on any atom is 0.274 e. The molecule has 0 unspecified atom stereocenters. The monoisotopic (exact) mass is 240 g/mol. The number of aromatic amines is 1. The molecule has 0 aliphatic rings. The van der Waals surface area contributed by atoms with Gasteiger partial charge in [-0.1, -0.05) is 0 Å². The number of nitrogens with one attached hydrogen (secondary N) is 1. The molecule has 0 bridgehead atoms. The van der Waals surface area contributed by atoms with Crippen LogP contribution in [0.15, 0.2) is 16.9 Å². The number of nitrogens with two attached hydrogens (primary N) is 1. The Kier molecular flexibility index (Phi) is 5.31. The van der Waals surface area contributed by atoms with Crippen molar-refractivity contribution in [2.24, 2.45) is 5.73 Å². The molecule has 0 fully saturated rings. The van der Waals surface area contributed by atoms with Crippen LogP contribution in [0, 0.1) is 0 Å². The van der Waals surface area contributed by atoms with Crippen molar-refractivity contribution in [2.45, 2.75) is 0 Å². The molecule has 1 rings (SSSR count). The van der Waals surface area contributed by atoms with Crippen LogP contribution in [0.4, 0.5) is 0 Å². The van der Waals surface area contributed by atoms with Crippen LogP contribution in [0.3, 0.4) is 0 Å². The van der Waals surface area contributed by atoms with Crippen molar-refractivity contribution in [1.29, 1.82) is 0 Å². The van der Waals surface area contributed by atoms with Crippen LogP contribution in [0.1, 0.15) is 10.5 Å². The van der Waals surface area contributed by atoms with E-state index in [1.165, 1.54) is 17.0 Å². The molecule has 1 heterocycles. The van der Waals surface area contributed by atoms with Crippen molar-refractivity contribution in [1.82, 2.24) is 15.1 Å². The Bertz CT molecular complexity index is 398. The van der Waals surface area contributed by atoms with Crippen LogP contribution in [0.2, 0.25) is 0 Å². The zero-order chi connectivity index (χ0) is 12.7. The van der Waals surface area contributed by atoms with E-state index in [1.54, 1.807) is 7.11 Å². The Hall–Kier alpha value is -1.73. The molecule has 7 heteroatoms. The topological polar surface area (TPSA) is 101 Å². The van der Waals surface area contributed by atoms with Crippen LogP contribution < -0.4 is 11.3 Å². The van der Waals surface area contributed by atoms with Crippen LogP contribution in [-0.4, -0.2) is 54.4 Å². The highest BCUT2D eigenvalue weighted by molar-refractivity contribution is 5.92. The van der Waals surface area contributed by atoms with Crippen molar-refractivity contribution >= 4 is 5.91 Å². The van der Waals surface area contributed by atoms with Gasteiger partial charge in [0, 0.05) is 32.8 Å². The van der Waals surface area contributed by atoms with Gasteiger partial charge in [0.05, 0.1) is 6.61 Å². The van der Waals surface area contributed by atoms with Gasteiger partial charge in [-0.05, 0) is 6.07 Å².